The molecule has 2 saturated heterocycles. The largest absolute Gasteiger partial charge is 0.501 e. The highest BCUT2D eigenvalue weighted by molar-refractivity contribution is 7.82. The number of benzene rings is 3. The Balaban J connectivity index is 1.34. The molecular formula is C77H114N9O26S+. The molecule has 5 rings (SSSR count). The molecule has 2 aliphatic heterocycles. The van der Waals surface area contributed by atoms with Gasteiger partial charge in [0.05, 0.1) is 97.5 Å². The molecule has 0 saturated carbocycles. The van der Waals surface area contributed by atoms with Crippen molar-refractivity contribution in [1.82, 2.24) is 25.8 Å². The van der Waals surface area contributed by atoms with Crippen molar-refractivity contribution in [3.05, 3.63) is 99.9 Å². The van der Waals surface area contributed by atoms with Crippen molar-refractivity contribution in [3.63, 3.8) is 0 Å². The predicted molar refractivity (Wildman–Crippen MR) is 406 cm³/mol. The number of carbonyl (C=O) groups excluding carboxylic acids is 10. The number of esters is 5. The molecule has 0 aliphatic carbocycles. The van der Waals surface area contributed by atoms with E-state index in [2.05, 4.69) is 26.0 Å². The van der Waals surface area contributed by atoms with Gasteiger partial charge in [-0.25, -0.2) is 4.79 Å². The molecule has 2 heterocycles. The minimum atomic E-state index is -5.23. The van der Waals surface area contributed by atoms with Crippen molar-refractivity contribution in [1.29, 1.82) is 0 Å². The minimum absolute atomic E-state index is 0.0201. The van der Waals surface area contributed by atoms with Gasteiger partial charge in [0.25, 0.3) is 11.8 Å². The molecule has 0 radical (unpaired) electrons. The molecule has 0 aromatic heterocycles. The summed E-state index contributed by atoms with van der Waals surface area (Å²) < 4.78 is 107. The summed E-state index contributed by atoms with van der Waals surface area (Å²) in [6.45, 7) is 18.3. The number of hydrogen-bond acceptors (Lipinski definition) is 27. The normalized spacial score (nSPS) is 19.1. The quantitative estimate of drug-likeness (QED) is 0.0119. The third kappa shape index (κ3) is 29.3. The predicted octanol–water partition coefficient (Wildman–Crippen LogP) is 5.50. The number of likely N-dealkylation sites (tertiary alicyclic amines) is 1. The maximum atomic E-state index is 15.1. The average Bonchev–Trinajstić information content (AvgIpc) is 1.08. The Labute approximate surface area is 661 Å². The average molecular weight is 1610 g/mol. The highest BCUT2D eigenvalue weighted by Crippen LogP contribution is 2.37. The molecule has 3 aromatic carbocycles. The number of rotatable bonds is 47. The van der Waals surface area contributed by atoms with Gasteiger partial charge in [-0.15, -0.1) is 8.42 Å². The van der Waals surface area contributed by atoms with E-state index in [1.165, 1.54) is 39.5 Å². The maximum Gasteiger partial charge on any atom is 0.501 e. The number of nitrogens with one attached hydrogen (secondary N) is 3. The van der Waals surface area contributed by atoms with E-state index in [0.717, 1.165) is 45.4 Å². The number of methoxy groups -OCH3 is 3. The minimum Gasteiger partial charge on any atom is -0.467 e. The summed E-state index contributed by atoms with van der Waals surface area (Å²) in [5, 5.41) is 12.0. The molecule has 3 aromatic rings. The van der Waals surface area contributed by atoms with Gasteiger partial charge >= 0.3 is 40.2 Å². The van der Waals surface area contributed by atoms with Gasteiger partial charge in [-0.2, -0.15) is 0 Å². The van der Waals surface area contributed by atoms with Crippen LogP contribution in [-0.4, -0.2) is 264 Å². The Bertz CT molecular complexity index is 3790. The van der Waals surface area contributed by atoms with Crippen LogP contribution in [0, 0.1) is 23.7 Å². The third-order valence-electron chi connectivity index (χ3n) is 19.2. The molecule has 0 spiro atoms. The molecule has 35 nitrogen and oxygen atoms in total. The Morgan fingerprint density at radius 3 is 1.91 bits per heavy atom. The number of ether oxygens (including phenoxy) is 12. The van der Waals surface area contributed by atoms with Crippen molar-refractivity contribution in [3.8, 4) is 17.2 Å². The second-order valence-electron chi connectivity index (χ2n) is 28.8. The molecule has 2 fully saturated rings. The van der Waals surface area contributed by atoms with E-state index < -0.39 is 167 Å². The monoisotopic (exact) mass is 1610 g/mol. The summed E-state index contributed by atoms with van der Waals surface area (Å²) in [5.41, 5.74) is 9.64. The Kier molecular flexibility index (Phi) is 38.6. The number of carbonyl (C=O) groups is 10. The molecule has 0 bridgehead atoms. The summed E-state index contributed by atoms with van der Waals surface area (Å²) >= 11 is 0. The highest BCUT2D eigenvalue weighted by atomic mass is 32.3. The van der Waals surface area contributed by atoms with Crippen molar-refractivity contribution >= 4 is 69.8 Å². The van der Waals surface area contributed by atoms with Crippen molar-refractivity contribution in [2.75, 3.05) is 108 Å². The van der Waals surface area contributed by atoms with Crippen LogP contribution in [0.15, 0.2) is 77.9 Å². The van der Waals surface area contributed by atoms with Gasteiger partial charge in [0.2, 0.25) is 30.1 Å². The van der Waals surface area contributed by atoms with E-state index in [4.69, 9.17) is 70.7 Å². The number of azide groups is 1. The second-order valence-corrected chi connectivity index (χ2v) is 30.0. The van der Waals surface area contributed by atoms with Gasteiger partial charge in [0.15, 0.2) is 29.7 Å². The fraction of sp³-hybridized carbons (Fsp3) is 0.636. The Morgan fingerprint density at radius 2 is 1.34 bits per heavy atom. The smallest absolute Gasteiger partial charge is 0.467 e. The highest BCUT2D eigenvalue weighted by Gasteiger charge is 2.54. The van der Waals surface area contributed by atoms with E-state index >= 15 is 4.79 Å². The molecule has 2 aliphatic rings. The summed E-state index contributed by atoms with van der Waals surface area (Å²) in [5.74, 6) is -9.71. The molecule has 113 heavy (non-hydrogen) atoms. The molecule has 5 amide bonds. The summed E-state index contributed by atoms with van der Waals surface area (Å²) in [7, 11) is 4.32. The molecule has 3 N–H and O–H groups in total. The molecule has 14 atom stereocenters. The number of likely N-dealkylation sites (N-methyl/N-ethyl adjacent to an activating group) is 2. The van der Waals surface area contributed by atoms with Crippen LogP contribution in [-0.2, 0) is 119 Å². The fourth-order valence-electron chi connectivity index (χ4n) is 13.9. The van der Waals surface area contributed by atoms with Crippen LogP contribution in [0.3, 0.4) is 0 Å². The summed E-state index contributed by atoms with van der Waals surface area (Å²) in [6, 6.07) is 14.4. The van der Waals surface area contributed by atoms with E-state index in [0.29, 0.717) is 31.4 Å². The van der Waals surface area contributed by atoms with Crippen LogP contribution in [0.25, 0.3) is 10.4 Å². The van der Waals surface area contributed by atoms with E-state index in [1.807, 2.05) is 86.0 Å². The number of nitrogens with zero attached hydrogens (tertiary/aromatic N) is 6. The maximum absolute atomic E-state index is 15.1. The van der Waals surface area contributed by atoms with E-state index in [-0.39, 0.29) is 106 Å². The van der Waals surface area contributed by atoms with Crippen molar-refractivity contribution in [2.45, 2.75) is 188 Å². The zero-order chi connectivity index (χ0) is 83.9. The standard InChI is InChI=1S/C77H113N9O26S/c1-18-48(6)66(62(99-15)43-64(91)85-34-22-25-59(85)68(100-16)49(7)72(92)81-58(76(96)101-17)41-54-23-20-19-21-24-54)84(12)75(95)65(46(2)3)82-74(94)67(47(4)5)86(13,14)44-55-26-29-57(30-27-55)111-113(97,98)112-61-42-56(73(93)79-32-35-102-37-39-104-40-38-103-36-33-80-83-78)28-31-60(61)109-77-71(108-53(11)90)70(107-52(10)89)69(106-51(9)88)63(110-77)45-105-50(8)87/h19-21,23-24,26-31,42,46-49,58-59,62-63,65-71,77H,18,22,25,32-41,43-45H2,1-17H3,(H2-,79,81,82,92,93,94)/p+1/t48?,49-,58?,59+,62-,63-,65+,66+,67+,68-,69+,70+,71-,77?/m1/s1. The number of hydrogen-bond donors (Lipinski definition) is 3. The lowest BCUT2D eigenvalue weighted by Crippen LogP contribution is -2.63. The Hall–Kier alpha value is -9.26. The van der Waals surface area contributed by atoms with Gasteiger partial charge in [-0.05, 0) is 78.2 Å². The van der Waals surface area contributed by atoms with Gasteiger partial charge in [0.1, 0.15) is 37.1 Å². The van der Waals surface area contributed by atoms with E-state index in [1.54, 1.807) is 35.9 Å². The number of amides is 5. The first kappa shape index (κ1) is 94.3. The van der Waals surface area contributed by atoms with Gasteiger partial charge < -0.3 is 95.4 Å². The SMILES string of the molecule is CCC(C)[C@@H]([C@@H](CC(=O)N1CCC[C@H]1[C@H](OC)[C@@H](C)C(=O)NC(Cc1ccccc1)C(=O)OC)OC)N(C)C(=O)[C@@H](NC(=O)[C@H](C(C)C)[N+](C)(C)Cc1ccc(OS(=O)(=O)Oc2cc(C(=O)NCCOCCOCCOCCN=[N+]=[N-])ccc2OC2O[C@H](COC(C)=O)[C@H](OC(C)=O)[C@H](OC(C)=O)[C@H]2OC(C)=O)cc1)C(C)C. The summed E-state index contributed by atoms with van der Waals surface area (Å²) in [4.78, 5) is 141. The first-order valence-corrected chi connectivity index (χ1v) is 38.9. The first-order valence-electron chi connectivity index (χ1n) is 37.5. The van der Waals surface area contributed by atoms with Crippen molar-refractivity contribution < 1.29 is 126 Å². The second kappa shape index (κ2) is 46.2. The third-order valence-corrected chi connectivity index (χ3v) is 20.0. The van der Waals surface area contributed by atoms with Crippen LogP contribution in [0.4, 0.5) is 0 Å². The van der Waals surface area contributed by atoms with Crippen LogP contribution in [0.5, 0.6) is 17.2 Å². The lowest BCUT2D eigenvalue weighted by atomic mass is 9.89. The van der Waals surface area contributed by atoms with Crippen LogP contribution >= 0.6 is 0 Å². The lowest BCUT2D eigenvalue weighted by molar-refractivity contribution is -0.922. The molecule has 628 valence electrons. The van der Waals surface area contributed by atoms with Gasteiger partial charge in [0, 0.05) is 97.0 Å². The fourth-order valence-corrected chi connectivity index (χ4v) is 14.6. The number of quaternary nitrogens is 1. The zero-order valence-corrected chi connectivity index (χ0v) is 68.5. The molecule has 3 unspecified atom stereocenters. The molecule has 36 heteroatoms. The van der Waals surface area contributed by atoms with Gasteiger partial charge in [-0.3, -0.25) is 43.2 Å². The van der Waals surface area contributed by atoms with E-state index in [9.17, 15) is 51.6 Å². The topological polar surface area (TPSA) is 425 Å². The van der Waals surface area contributed by atoms with Crippen LogP contribution in [0.2, 0.25) is 0 Å². The lowest BCUT2D eigenvalue weighted by Gasteiger charge is -2.43. The first-order chi connectivity index (χ1) is 53.5. The summed E-state index contributed by atoms with van der Waals surface area (Å²) in [6.07, 6.45) is -8.17. The van der Waals surface area contributed by atoms with Crippen molar-refractivity contribution in [2.24, 2.45) is 28.8 Å². The van der Waals surface area contributed by atoms with Crippen LogP contribution in [0.1, 0.15) is 123 Å². The molecular weight excluding hydrogens is 1500 g/mol. The van der Waals surface area contributed by atoms with Gasteiger partial charge in [-0.1, -0.05) is 90.3 Å². The zero-order valence-electron chi connectivity index (χ0n) is 67.7. The Morgan fingerprint density at radius 1 is 0.717 bits per heavy atom. The van der Waals surface area contributed by atoms with Crippen LogP contribution < -0.4 is 29.1 Å².